The molecule has 0 aliphatic rings. The Hall–Kier alpha value is -6.65. The maximum Gasteiger partial charge on any atom is 0.164 e. The zero-order valence-electron chi connectivity index (χ0n) is 36.6. The number of nitrogens with zero attached hydrogens (tertiary/aromatic N) is 3. The molecule has 0 N–H and O–H groups in total. The Labute approximate surface area is 299 Å². The van der Waals surface area contributed by atoms with Gasteiger partial charge in [0.1, 0.15) is 11.2 Å². The molecule has 0 atom stereocenters. The normalized spacial score (nSPS) is 14.4. The van der Waals surface area contributed by atoms with E-state index in [1.807, 2.05) is 72.8 Å². The van der Waals surface area contributed by atoms with E-state index in [0.29, 0.717) is 11.1 Å². The van der Waals surface area contributed by atoms with Gasteiger partial charge in [-0.2, -0.15) is 0 Å². The average molecular weight is 639 g/mol. The number of furan rings is 1. The molecular formula is C45H29N3O. The number of hydrogen-bond donors (Lipinski definition) is 0. The van der Waals surface area contributed by atoms with Crippen molar-refractivity contribution in [2.24, 2.45) is 0 Å². The van der Waals surface area contributed by atoms with Crippen LogP contribution in [0.15, 0.2) is 180 Å². The van der Waals surface area contributed by atoms with Crippen LogP contribution in [0.1, 0.15) is 15.1 Å². The summed E-state index contributed by atoms with van der Waals surface area (Å²) in [6.45, 7) is 0. The number of fused-ring (bicyclic) bond motifs is 3. The first-order valence-corrected chi connectivity index (χ1v) is 15.5. The number of para-hydroxylation sites is 1. The minimum absolute atomic E-state index is 0.148. The van der Waals surface area contributed by atoms with Crippen molar-refractivity contribution >= 4 is 21.9 Å². The Morgan fingerprint density at radius 2 is 0.816 bits per heavy atom. The van der Waals surface area contributed by atoms with Gasteiger partial charge in [-0.05, 0) is 45.5 Å². The van der Waals surface area contributed by atoms with Crippen LogP contribution in [0.4, 0.5) is 0 Å². The molecular weight excluding hydrogens is 599 g/mol. The lowest BCUT2D eigenvalue weighted by atomic mass is 9.98. The monoisotopic (exact) mass is 638 g/mol. The average Bonchev–Trinajstić information content (AvgIpc) is 3.69. The molecule has 4 nitrogen and oxygen atoms in total. The van der Waals surface area contributed by atoms with Crippen molar-refractivity contribution in [2.45, 2.75) is 0 Å². The fourth-order valence-corrected chi connectivity index (χ4v) is 5.73. The highest BCUT2D eigenvalue weighted by Crippen LogP contribution is 2.37. The van der Waals surface area contributed by atoms with Crippen LogP contribution in [-0.2, 0) is 0 Å². The lowest BCUT2D eigenvalue weighted by Gasteiger charge is -2.10. The summed E-state index contributed by atoms with van der Waals surface area (Å²) in [6.07, 6.45) is 0. The van der Waals surface area contributed by atoms with Crippen LogP contribution in [0.5, 0.6) is 0 Å². The molecule has 0 fully saturated rings. The van der Waals surface area contributed by atoms with Gasteiger partial charge in [-0.15, -0.1) is 0 Å². The summed E-state index contributed by atoms with van der Waals surface area (Å²) in [5.41, 5.74) is 3.67. The molecule has 9 rings (SSSR count). The van der Waals surface area contributed by atoms with Crippen molar-refractivity contribution in [2.75, 3.05) is 0 Å². The van der Waals surface area contributed by atoms with Crippen molar-refractivity contribution < 1.29 is 19.5 Å². The van der Waals surface area contributed by atoms with E-state index in [9.17, 15) is 5.48 Å². The zero-order valence-corrected chi connectivity index (χ0v) is 25.6. The summed E-state index contributed by atoms with van der Waals surface area (Å²) in [5, 5.41) is -0.403. The van der Waals surface area contributed by atoms with Gasteiger partial charge in [0.15, 0.2) is 17.5 Å². The lowest BCUT2D eigenvalue weighted by Crippen LogP contribution is -2.00. The number of hydrogen-bond acceptors (Lipinski definition) is 4. The second kappa shape index (κ2) is 12.2. The van der Waals surface area contributed by atoms with Gasteiger partial charge in [0.05, 0.1) is 15.1 Å². The molecule has 0 spiro atoms. The molecule has 0 bridgehead atoms. The molecule has 0 amide bonds. The predicted octanol–water partition coefficient (Wildman–Crippen LogP) is 11.8. The topological polar surface area (TPSA) is 51.8 Å². The van der Waals surface area contributed by atoms with Gasteiger partial charge in [-0.3, -0.25) is 0 Å². The molecule has 0 saturated heterocycles. The Morgan fingerprint density at radius 3 is 1.43 bits per heavy atom. The summed E-state index contributed by atoms with van der Waals surface area (Å²) in [7, 11) is 0. The van der Waals surface area contributed by atoms with Crippen molar-refractivity contribution in [3.8, 4) is 67.5 Å². The van der Waals surface area contributed by atoms with E-state index in [1.165, 1.54) is 0 Å². The van der Waals surface area contributed by atoms with Gasteiger partial charge in [-0.1, -0.05) is 164 Å². The van der Waals surface area contributed by atoms with Crippen LogP contribution in [0.2, 0.25) is 0 Å². The Morgan fingerprint density at radius 1 is 0.367 bits per heavy atom. The first-order chi connectivity index (χ1) is 28.8. The smallest absolute Gasteiger partial charge is 0.164 e. The van der Waals surface area contributed by atoms with Crippen LogP contribution >= 0.6 is 0 Å². The molecule has 2 aromatic heterocycles. The standard InChI is InChI=1S/C45H29N3O/c1-3-10-30(11-4-1)31-18-20-32(21-19-31)33-22-26-36(27-23-33)44-46-43(35-12-5-2-6-13-35)47-45(48-44)37-28-24-34(25-29-37)38-15-9-17-41-42(38)39-14-7-8-16-40(39)49-41/h1-29H/i7D,8D,9D,14D,15D,16D,17D,24D,25D,28D,29D. The largest absolute Gasteiger partial charge is 0.456 e. The summed E-state index contributed by atoms with van der Waals surface area (Å²) < 4.78 is 102. The highest BCUT2D eigenvalue weighted by atomic mass is 16.3. The SMILES string of the molecule is [2H]c1c([2H])c(-c2c([2H])c([2H])c([2H])c3oc4c([2H])c([2H])c([2H])c([2H])c4c23)c([2H])c([2H])c1-c1nc(-c2ccccc2)nc(-c2ccc(-c3ccc(-c4ccccc4)cc3)cc2)n1. The maximum absolute atomic E-state index is 9.26. The van der Waals surface area contributed by atoms with Gasteiger partial charge in [-0.25, -0.2) is 15.0 Å². The van der Waals surface area contributed by atoms with E-state index < -0.39 is 72.0 Å². The Balaban J connectivity index is 1.21. The summed E-state index contributed by atoms with van der Waals surface area (Å²) >= 11 is 0. The summed E-state index contributed by atoms with van der Waals surface area (Å²) in [6, 6.07) is 28.4. The molecule has 0 aliphatic carbocycles. The maximum atomic E-state index is 9.26. The highest BCUT2D eigenvalue weighted by Gasteiger charge is 2.15. The van der Waals surface area contributed by atoms with E-state index in [4.69, 9.17) is 24.0 Å². The van der Waals surface area contributed by atoms with Gasteiger partial charge in [0.2, 0.25) is 0 Å². The molecule has 0 radical (unpaired) electrons. The van der Waals surface area contributed by atoms with Crippen LogP contribution in [0.25, 0.3) is 89.5 Å². The van der Waals surface area contributed by atoms with Gasteiger partial charge >= 0.3 is 0 Å². The van der Waals surface area contributed by atoms with Crippen LogP contribution in [0, 0.1) is 0 Å². The quantitative estimate of drug-likeness (QED) is 0.182. The van der Waals surface area contributed by atoms with Crippen LogP contribution in [-0.4, -0.2) is 15.0 Å². The van der Waals surface area contributed by atoms with E-state index >= 15 is 0 Å². The van der Waals surface area contributed by atoms with Crippen molar-refractivity contribution in [1.82, 2.24) is 15.0 Å². The second-order valence-electron chi connectivity index (χ2n) is 11.2. The third-order valence-corrected chi connectivity index (χ3v) is 8.18. The van der Waals surface area contributed by atoms with E-state index in [1.54, 1.807) is 12.1 Å². The molecule has 7 aromatic carbocycles. The predicted molar refractivity (Wildman–Crippen MR) is 200 cm³/mol. The molecule has 4 heteroatoms. The molecule has 49 heavy (non-hydrogen) atoms. The lowest BCUT2D eigenvalue weighted by molar-refractivity contribution is 0.669. The minimum atomic E-state index is -0.655. The molecule has 230 valence electrons. The number of aromatic nitrogens is 3. The fourth-order valence-electron chi connectivity index (χ4n) is 5.73. The third kappa shape index (κ3) is 5.45. The molecule has 0 saturated carbocycles. The van der Waals surface area contributed by atoms with Gasteiger partial charge < -0.3 is 4.42 Å². The van der Waals surface area contributed by atoms with E-state index in [-0.39, 0.29) is 50.5 Å². The number of rotatable bonds is 6. The minimum Gasteiger partial charge on any atom is -0.456 e. The third-order valence-electron chi connectivity index (χ3n) is 8.18. The van der Waals surface area contributed by atoms with Crippen molar-refractivity contribution in [3.05, 3.63) is 176 Å². The first kappa shape index (κ1) is 19.2. The fraction of sp³-hybridized carbons (Fsp3) is 0. The van der Waals surface area contributed by atoms with E-state index in [2.05, 4.69) is 29.2 Å². The van der Waals surface area contributed by atoms with Crippen LogP contribution < -0.4 is 0 Å². The molecule has 2 heterocycles. The van der Waals surface area contributed by atoms with Gasteiger partial charge in [0, 0.05) is 27.5 Å². The second-order valence-corrected chi connectivity index (χ2v) is 11.2. The molecule has 0 aliphatic heterocycles. The molecule has 0 unspecified atom stereocenters. The molecule has 9 aromatic rings. The van der Waals surface area contributed by atoms with Crippen molar-refractivity contribution in [3.63, 3.8) is 0 Å². The van der Waals surface area contributed by atoms with Crippen LogP contribution in [0.3, 0.4) is 0 Å². The Bertz CT molecular complexity index is 3170. The number of benzene rings is 7. The van der Waals surface area contributed by atoms with E-state index in [0.717, 1.165) is 22.3 Å². The van der Waals surface area contributed by atoms with Crippen molar-refractivity contribution in [1.29, 1.82) is 0 Å². The Kier molecular flexibility index (Phi) is 4.78. The first-order valence-electron chi connectivity index (χ1n) is 21.0. The highest BCUT2D eigenvalue weighted by molar-refractivity contribution is 6.12. The summed E-state index contributed by atoms with van der Waals surface area (Å²) in [5.74, 6) is 0.283. The van der Waals surface area contributed by atoms with Gasteiger partial charge in [0.25, 0.3) is 0 Å². The summed E-state index contributed by atoms with van der Waals surface area (Å²) in [4.78, 5) is 14.1. The zero-order chi connectivity index (χ0) is 42.1.